The minimum atomic E-state index is -0.877. The maximum absolute atomic E-state index is 14.4. The Kier molecular flexibility index (Phi) is 29.6. The number of carbonyl (C=O) groups is 5. The van der Waals surface area contributed by atoms with Crippen LogP contribution < -0.4 is 21.3 Å². The smallest absolute Gasteiger partial charge is 0.407 e. The third kappa shape index (κ3) is 22.4. The molecular formula is C72H91N9O14. The average Bonchev–Trinajstić information content (AvgIpc) is 1.72. The molecule has 23 nitrogen and oxygen atoms in total. The van der Waals surface area contributed by atoms with Gasteiger partial charge in [0.05, 0.1) is 116 Å². The van der Waals surface area contributed by atoms with E-state index in [4.69, 9.17) is 47.7 Å². The number of nitrogens with one attached hydrogen (secondary N) is 4. The molecule has 0 bridgehead atoms. The van der Waals surface area contributed by atoms with E-state index in [1.165, 1.54) is 0 Å². The normalized spacial score (nSPS) is 14.5. The lowest BCUT2D eigenvalue weighted by Gasteiger charge is -2.30. The van der Waals surface area contributed by atoms with Gasteiger partial charge in [0.25, 0.3) is 5.91 Å². The van der Waals surface area contributed by atoms with Crippen molar-refractivity contribution in [2.45, 2.75) is 88.8 Å². The van der Waals surface area contributed by atoms with Gasteiger partial charge in [-0.05, 0) is 107 Å². The van der Waals surface area contributed by atoms with Crippen LogP contribution in [0.4, 0.5) is 15.3 Å². The van der Waals surface area contributed by atoms with Crippen LogP contribution >= 0.6 is 0 Å². The zero-order valence-corrected chi connectivity index (χ0v) is 54.5. The fraction of sp³-hybridized carbons (Fsp3) is 0.472. The van der Waals surface area contributed by atoms with Crippen molar-refractivity contribution in [3.8, 4) is 11.1 Å². The number of anilines is 1. The monoisotopic (exact) mass is 1310 g/mol. The number of alkyl carbamates (subject to hydrolysis) is 1. The molecule has 2 aliphatic heterocycles. The standard InChI is InChI=1S/C72H91N9O14/c1-87-34-35-89-38-39-91-42-43-93-46-47-94-45-44-92-41-40-90-37-36-88-33-27-68(82)75-28-10-8-20-66(78-72(86)95-52-64-59-16-6-4-14-57(59)58-15-5-7-17-60(58)64)69(83)76-29-9-2-3-11-32-81-70(84)63(61-18-12-21-65-62(61)19-13-30-74-65)48-67(79-81)53-22-24-56(25-23-53)77-71(85)80-50-54-26-31-73-49-55(54)51-80/h4-7,12-19,21-26,30-31,49,63-64,66H,2-3,8-11,20,27-29,32-48,50-52H2,1H3,(H,75,82)(H,76,83)(H,77,85)(H,78,86)/t63-,66-/m0/s1. The number of urea groups is 1. The van der Waals surface area contributed by atoms with E-state index < -0.39 is 18.1 Å². The summed E-state index contributed by atoms with van der Waals surface area (Å²) in [5.74, 6) is -1.21. The summed E-state index contributed by atoms with van der Waals surface area (Å²) in [7, 11) is 1.64. The van der Waals surface area contributed by atoms with Crippen LogP contribution in [0.5, 0.6) is 0 Å². The number of nitrogens with zero attached hydrogens (tertiary/aromatic N) is 5. The molecule has 23 heteroatoms. The summed E-state index contributed by atoms with van der Waals surface area (Å²) in [5.41, 5.74) is 10.5. The minimum Gasteiger partial charge on any atom is -0.449 e. The van der Waals surface area contributed by atoms with Crippen molar-refractivity contribution in [2.24, 2.45) is 5.10 Å². The molecule has 0 fully saturated rings. The topological polar surface area (TPSA) is 261 Å². The Morgan fingerprint density at radius 3 is 1.85 bits per heavy atom. The van der Waals surface area contributed by atoms with Gasteiger partial charge in [-0.2, -0.15) is 5.10 Å². The molecule has 9 rings (SSSR count). The predicted octanol–water partition coefficient (Wildman–Crippen LogP) is 8.92. The largest absolute Gasteiger partial charge is 0.449 e. The zero-order valence-electron chi connectivity index (χ0n) is 54.5. The van der Waals surface area contributed by atoms with Crippen molar-refractivity contribution in [3.63, 3.8) is 0 Å². The van der Waals surface area contributed by atoms with E-state index in [2.05, 4.69) is 55.5 Å². The first kappa shape index (κ1) is 71.0. The number of amides is 6. The Morgan fingerprint density at radius 2 is 1.19 bits per heavy atom. The van der Waals surface area contributed by atoms with E-state index in [1.807, 2.05) is 84.9 Å². The van der Waals surface area contributed by atoms with Crippen LogP contribution in [0.15, 0.2) is 133 Å². The van der Waals surface area contributed by atoms with Crippen LogP contribution in [0.1, 0.15) is 103 Å². The third-order valence-corrected chi connectivity index (χ3v) is 16.7. The average molecular weight is 1310 g/mol. The van der Waals surface area contributed by atoms with Crippen molar-refractivity contribution < 1.29 is 66.6 Å². The van der Waals surface area contributed by atoms with Gasteiger partial charge >= 0.3 is 12.1 Å². The summed E-state index contributed by atoms with van der Waals surface area (Å²) in [4.78, 5) is 78.3. The van der Waals surface area contributed by atoms with Crippen LogP contribution in [0, 0.1) is 0 Å². The van der Waals surface area contributed by atoms with E-state index in [0.717, 1.165) is 74.0 Å². The number of aromatic nitrogens is 2. The lowest BCUT2D eigenvalue weighted by molar-refractivity contribution is -0.133. The number of methoxy groups -OCH3 is 1. The second kappa shape index (κ2) is 39.6. The third-order valence-electron chi connectivity index (χ3n) is 16.7. The second-order valence-corrected chi connectivity index (χ2v) is 23.3. The molecule has 95 heavy (non-hydrogen) atoms. The molecule has 2 aromatic heterocycles. The highest BCUT2D eigenvalue weighted by molar-refractivity contribution is 6.07. The van der Waals surface area contributed by atoms with E-state index in [9.17, 15) is 24.0 Å². The number of hydrazone groups is 1. The highest BCUT2D eigenvalue weighted by Crippen LogP contribution is 2.44. The highest BCUT2D eigenvalue weighted by atomic mass is 16.6. The van der Waals surface area contributed by atoms with Crippen molar-refractivity contribution >= 4 is 52.1 Å². The highest BCUT2D eigenvalue weighted by Gasteiger charge is 2.34. The number of hydrogen-bond donors (Lipinski definition) is 4. The lowest BCUT2D eigenvalue weighted by Crippen LogP contribution is -2.47. The summed E-state index contributed by atoms with van der Waals surface area (Å²) in [5, 5.41) is 19.3. The van der Waals surface area contributed by atoms with Crippen molar-refractivity contribution in [1.82, 2.24) is 35.8 Å². The fourth-order valence-electron chi connectivity index (χ4n) is 11.7. The molecule has 4 N–H and O–H groups in total. The Bertz CT molecular complexity index is 3340. The first-order valence-corrected chi connectivity index (χ1v) is 33.2. The van der Waals surface area contributed by atoms with Gasteiger partial charge in [0.15, 0.2) is 0 Å². The molecule has 0 radical (unpaired) electrons. The number of ether oxygens (including phenoxy) is 9. The molecule has 0 unspecified atom stereocenters. The summed E-state index contributed by atoms with van der Waals surface area (Å²) in [6.07, 6.45) is 9.50. The minimum absolute atomic E-state index is 0.0879. The summed E-state index contributed by atoms with van der Waals surface area (Å²) in [6, 6.07) is 34.4. The van der Waals surface area contributed by atoms with Gasteiger partial charge in [-0.3, -0.25) is 24.4 Å². The van der Waals surface area contributed by atoms with Crippen LogP contribution in [0.3, 0.4) is 0 Å². The van der Waals surface area contributed by atoms with Crippen LogP contribution in [0.2, 0.25) is 0 Å². The maximum Gasteiger partial charge on any atom is 0.407 e. The molecule has 6 aromatic rings. The summed E-state index contributed by atoms with van der Waals surface area (Å²) >= 11 is 0. The van der Waals surface area contributed by atoms with Gasteiger partial charge in [-0.1, -0.05) is 91.7 Å². The number of benzene rings is 4. The number of rotatable bonds is 43. The van der Waals surface area contributed by atoms with E-state index in [-0.39, 0.29) is 49.3 Å². The van der Waals surface area contributed by atoms with Gasteiger partial charge in [0.1, 0.15) is 12.6 Å². The zero-order chi connectivity index (χ0) is 66.1. The van der Waals surface area contributed by atoms with E-state index in [1.54, 1.807) is 35.6 Å². The molecular weight excluding hydrogens is 1210 g/mol. The van der Waals surface area contributed by atoms with Crippen molar-refractivity contribution in [2.75, 3.05) is 138 Å². The number of unbranched alkanes of at least 4 members (excludes halogenated alkanes) is 4. The summed E-state index contributed by atoms with van der Waals surface area (Å²) < 4.78 is 49.3. The number of carbonyl (C=O) groups excluding carboxylic acids is 5. The Balaban J connectivity index is 0.677. The van der Waals surface area contributed by atoms with Gasteiger partial charge < -0.3 is 68.8 Å². The molecule has 4 aromatic carbocycles. The van der Waals surface area contributed by atoms with E-state index in [0.29, 0.717) is 169 Å². The SMILES string of the molecule is COCCOCCOCCOCCOCCOCCOCCOCCC(=O)NCCCC[C@H](NC(=O)OCC1c2ccccc2-c2ccccc21)C(=O)NCCCCCCN1N=C(c2ccc(NC(=O)N3Cc4ccncc4C3)cc2)C[C@@H](c2cccc3ncccc23)C1=O. The van der Waals surface area contributed by atoms with Crippen molar-refractivity contribution in [1.29, 1.82) is 0 Å². The molecule has 4 heterocycles. The van der Waals surface area contributed by atoms with Gasteiger partial charge in [0.2, 0.25) is 11.8 Å². The molecule has 6 amide bonds. The predicted molar refractivity (Wildman–Crippen MR) is 359 cm³/mol. The van der Waals surface area contributed by atoms with Gasteiger partial charge in [0, 0.05) is 88.3 Å². The maximum atomic E-state index is 14.4. The first-order chi connectivity index (χ1) is 46.7. The molecule has 0 saturated carbocycles. The van der Waals surface area contributed by atoms with Gasteiger partial charge in [-0.25, -0.2) is 14.6 Å². The molecule has 1 aliphatic carbocycles. The summed E-state index contributed by atoms with van der Waals surface area (Å²) in [6.45, 7) is 9.02. The number of fused-ring (bicyclic) bond motifs is 5. The fourth-order valence-corrected chi connectivity index (χ4v) is 11.7. The number of hydrogen-bond acceptors (Lipinski definition) is 17. The quantitative estimate of drug-likeness (QED) is 0.0260. The van der Waals surface area contributed by atoms with Crippen LogP contribution in [-0.2, 0) is 70.1 Å². The van der Waals surface area contributed by atoms with Gasteiger partial charge in [-0.15, -0.1) is 0 Å². The molecule has 0 spiro atoms. The van der Waals surface area contributed by atoms with Crippen LogP contribution in [0.25, 0.3) is 22.0 Å². The van der Waals surface area contributed by atoms with E-state index >= 15 is 0 Å². The molecule has 508 valence electrons. The number of pyridine rings is 2. The Labute approximate surface area is 556 Å². The molecule has 0 saturated heterocycles. The Morgan fingerprint density at radius 1 is 0.589 bits per heavy atom. The van der Waals surface area contributed by atoms with Crippen molar-refractivity contribution in [3.05, 3.63) is 161 Å². The second-order valence-electron chi connectivity index (χ2n) is 23.3. The molecule has 2 atom stereocenters. The first-order valence-electron chi connectivity index (χ1n) is 33.2. The molecule has 3 aliphatic rings. The van der Waals surface area contributed by atoms with Crippen LogP contribution in [-0.4, -0.2) is 194 Å². The lowest BCUT2D eigenvalue weighted by atomic mass is 9.86. The Hall–Kier alpha value is -8.26.